The molecular weight excluding hydrogens is 608 g/mol. The Bertz CT molecular complexity index is 1150. The topological polar surface area (TPSA) is 59.0 Å². The smallest absolute Gasteiger partial charge is 0.416 e. The van der Waals surface area contributed by atoms with Gasteiger partial charge in [0.15, 0.2) is 6.29 Å². The fourth-order valence-electron chi connectivity index (χ4n) is 5.50. The largest absolute Gasteiger partial charge is 0.481 e. The summed E-state index contributed by atoms with van der Waals surface area (Å²) < 4.78 is 93.6. The molecule has 4 atom stereocenters. The lowest BCUT2D eigenvalue weighted by Gasteiger charge is -2.42. The number of benzene rings is 2. The van der Waals surface area contributed by atoms with Crippen LogP contribution >= 0.6 is 15.9 Å². The summed E-state index contributed by atoms with van der Waals surface area (Å²) in [5.74, 6) is -1.55. The van der Waals surface area contributed by atoms with Gasteiger partial charge >= 0.3 is 18.3 Å². The van der Waals surface area contributed by atoms with Crippen molar-refractivity contribution in [3.05, 3.63) is 69.2 Å². The van der Waals surface area contributed by atoms with E-state index in [-0.39, 0.29) is 29.4 Å². The van der Waals surface area contributed by atoms with Crippen LogP contribution in [0.2, 0.25) is 0 Å². The van der Waals surface area contributed by atoms with Crippen LogP contribution in [0, 0.1) is 11.8 Å². The van der Waals surface area contributed by atoms with Crippen LogP contribution < -0.4 is 0 Å². The van der Waals surface area contributed by atoms with Gasteiger partial charge in [0.25, 0.3) is 0 Å². The molecule has 2 fully saturated rings. The van der Waals surface area contributed by atoms with Crippen LogP contribution in [0.3, 0.4) is 0 Å². The number of alkyl halides is 6. The number of ether oxygens (including phenoxy) is 2. The number of likely N-dealkylation sites (tertiary alicyclic amines) is 1. The highest BCUT2D eigenvalue weighted by Crippen LogP contribution is 2.42. The van der Waals surface area contributed by atoms with Crippen molar-refractivity contribution in [3.63, 3.8) is 0 Å². The quantitative estimate of drug-likeness (QED) is 0.319. The molecule has 2 aliphatic heterocycles. The lowest BCUT2D eigenvalue weighted by atomic mass is 9.81. The summed E-state index contributed by atoms with van der Waals surface area (Å²) in [5.41, 5.74) is -2.19. The number of carboxylic acids is 1. The Morgan fingerprint density at radius 2 is 1.68 bits per heavy atom. The normalized spacial score (nSPS) is 24.1. The second-order valence-electron chi connectivity index (χ2n) is 10.4. The molecule has 0 saturated carbocycles. The van der Waals surface area contributed by atoms with E-state index in [0.717, 1.165) is 10.0 Å². The van der Waals surface area contributed by atoms with Crippen molar-refractivity contribution < 1.29 is 45.7 Å². The molecule has 2 heterocycles. The summed E-state index contributed by atoms with van der Waals surface area (Å²) in [6.07, 6.45) is -10.3. The first kappa shape index (κ1) is 30.8. The fraction of sp³-hybridized carbons (Fsp3) is 0.536. The number of hydrogen-bond acceptors (Lipinski definition) is 4. The highest BCUT2D eigenvalue weighted by atomic mass is 79.9. The maximum Gasteiger partial charge on any atom is 0.416 e. The van der Waals surface area contributed by atoms with Crippen molar-refractivity contribution in [2.75, 3.05) is 26.2 Å². The van der Waals surface area contributed by atoms with Crippen LogP contribution in [0.4, 0.5) is 26.3 Å². The van der Waals surface area contributed by atoms with Crippen molar-refractivity contribution in [1.82, 2.24) is 4.90 Å². The molecule has 1 N–H and O–H groups in total. The van der Waals surface area contributed by atoms with Gasteiger partial charge in [-0.05, 0) is 86.7 Å². The van der Waals surface area contributed by atoms with E-state index >= 15 is 0 Å². The molecule has 0 spiro atoms. The molecule has 2 aromatic carbocycles. The minimum atomic E-state index is -4.96. The molecule has 220 valence electrons. The summed E-state index contributed by atoms with van der Waals surface area (Å²) in [6, 6.07) is 8.94. The predicted molar refractivity (Wildman–Crippen MR) is 137 cm³/mol. The summed E-state index contributed by atoms with van der Waals surface area (Å²) in [5, 5.41) is 9.32. The maximum atomic E-state index is 13.4. The number of nitrogens with zero attached hydrogens (tertiary/aromatic N) is 1. The summed E-state index contributed by atoms with van der Waals surface area (Å²) in [6.45, 7) is 3.58. The number of piperidine rings is 1. The fourth-order valence-corrected chi connectivity index (χ4v) is 5.92. The van der Waals surface area contributed by atoms with Gasteiger partial charge in [-0.25, -0.2) is 0 Å². The van der Waals surface area contributed by atoms with E-state index in [1.807, 2.05) is 24.3 Å². The lowest BCUT2D eigenvalue weighted by Crippen LogP contribution is -2.45. The molecule has 4 rings (SSSR count). The van der Waals surface area contributed by atoms with Gasteiger partial charge in [0, 0.05) is 16.9 Å². The number of halogens is 7. The molecule has 0 radical (unpaired) electrons. The standard InChI is InChI=1S/C28H30BrF6NO4/c1-16(20-11-21(27(30,31)32)14-22(12-20)28(33,34)35)40-26-24(18-3-2-4-23(29)13-18)19(7-10-39-26)15-36-8-5-17(6-9-36)25(37)38/h2-4,11-14,16-17,19,24,26H,5-10,15H2,1H3,(H,37,38)/t16?,19-,24+,26-/m1/s1. The number of aliphatic carboxylic acids is 1. The number of hydrogen-bond donors (Lipinski definition) is 1. The first-order valence-electron chi connectivity index (χ1n) is 13.0. The van der Waals surface area contributed by atoms with Gasteiger partial charge in [-0.2, -0.15) is 26.3 Å². The molecule has 2 saturated heterocycles. The number of carboxylic acid groups (broad SMARTS) is 1. The van der Waals surface area contributed by atoms with Gasteiger partial charge in [-0.1, -0.05) is 28.1 Å². The Balaban J connectivity index is 1.60. The summed E-state index contributed by atoms with van der Waals surface area (Å²) in [4.78, 5) is 13.6. The van der Waals surface area contributed by atoms with E-state index in [4.69, 9.17) is 9.47 Å². The van der Waals surface area contributed by atoms with Crippen LogP contribution in [0.5, 0.6) is 0 Å². The molecule has 1 unspecified atom stereocenters. The van der Waals surface area contributed by atoms with E-state index in [0.29, 0.717) is 57.6 Å². The Hall–Kier alpha value is -2.15. The molecule has 40 heavy (non-hydrogen) atoms. The highest BCUT2D eigenvalue weighted by molar-refractivity contribution is 9.10. The molecule has 5 nitrogen and oxygen atoms in total. The maximum absolute atomic E-state index is 13.4. The zero-order valence-corrected chi connectivity index (χ0v) is 23.2. The second-order valence-corrected chi connectivity index (χ2v) is 11.3. The Labute approximate surface area is 236 Å². The second kappa shape index (κ2) is 12.4. The van der Waals surface area contributed by atoms with E-state index in [2.05, 4.69) is 20.8 Å². The van der Waals surface area contributed by atoms with Gasteiger partial charge in [-0.3, -0.25) is 4.79 Å². The molecule has 0 bridgehead atoms. The lowest BCUT2D eigenvalue weighted by molar-refractivity contribution is -0.210. The van der Waals surface area contributed by atoms with E-state index in [1.165, 1.54) is 6.92 Å². The average molecular weight is 638 g/mol. The van der Waals surface area contributed by atoms with Crippen molar-refractivity contribution in [2.24, 2.45) is 11.8 Å². The number of rotatable bonds is 7. The van der Waals surface area contributed by atoms with E-state index in [9.17, 15) is 36.2 Å². The van der Waals surface area contributed by atoms with Crippen molar-refractivity contribution in [2.45, 2.75) is 56.9 Å². The van der Waals surface area contributed by atoms with E-state index < -0.39 is 41.8 Å². The Morgan fingerprint density at radius 3 is 2.23 bits per heavy atom. The zero-order valence-electron chi connectivity index (χ0n) is 21.6. The predicted octanol–water partition coefficient (Wildman–Crippen LogP) is 7.51. The van der Waals surface area contributed by atoms with Gasteiger partial charge in [0.05, 0.1) is 29.8 Å². The average Bonchev–Trinajstić information content (AvgIpc) is 2.88. The first-order valence-corrected chi connectivity index (χ1v) is 13.8. The molecule has 0 aromatic heterocycles. The minimum Gasteiger partial charge on any atom is -0.481 e. The molecular formula is C28H30BrF6NO4. The third-order valence-corrected chi connectivity index (χ3v) is 8.15. The first-order chi connectivity index (χ1) is 18.7. The van der Waals surface area contributed by atoms with Gasteiger partial charge < -0.3 is 19.5 Å². The Morgan fingerprint density at radius 1 is 1.05 bits per heavy atom. The minimum absolute atomic E-state index is 0.00567. The van der Waals surface area contributed by atoms with E-state index in [1.54, 1.807) is 0 Å². The molecule has 0 aliphatic carbocycles. The van der Waals surface area contributed by atoms with Crippen LogP contribution in [-0.4, -0.2) is 48.5 Å². The molecule has 2 aliphatic rings. The van der Waals surface area contributed by atoms with Crippen LogP contribution in [-0.2, 0) is 26.6 Å². The third kappa shape index (κ3) is 7.57. The Kier molecular flexibility index (Phi) is 9.53. The van der Waals surface area contributed by atoms with Crippen molar-refractivity contribution in [3.8, 4) is 0 Å². The van der Waals surface area contributed by atoms with Crippen LogP contribution in [0.15, 0.2) is 46.9 Å². The van der Waals surface area contributed by atoms with Crippen molar-refractivity contribution in [1.29, 1.82) is 0 Å². The van der Waals surface area contributed by atoms with Crippen molar-refractivity contribution >= 4 is 21.9 Å². The third-order valence-electron chi connectivity index (χ3n) is 7.65. The SMILES string of the molecule is CC(O[C@H]1OCC[C@H](CN2CCC(C(=O)O)CC2)[C@@H]1c1cccc(Br)c1)c1cc(C(F)(F)F)cc(C(F)(F)F)c1. The molecule has 2 aromatic rings. The molecule has 0 amide bonds. The summed E-state index contributed by atoms with van der Waals surface area (Å²) >= 11 is 3.47. The van der Waals surface area contributed by atoms with Gasteiger partial charge in [-0.15, -0.1) is 0 Å². The van der Waals surface area contributed by atoms with Gasteiger partial charge in [0.2, 0.25) is 0 Å². The highest BCUT2D eigenvalue weighted by Gasteiger charge is 2.41. The van der Waals surface area contributed by atoms with Crippen LogP contribution in [0.25, 0.3) is 0 Å². The summed E-state index contributed by atoms with van der Waals surface area (Å²) in [7, 11) is 0. The van der Waals surface area contributed by atoms with Crippen LogP contribution in [0.1, 0.15) is 60.5 Å². The molecule has 12 heteroatoms. The number of carbonyl (C=O) groups is 1. The monoisotopic (exact) mass is 637 g/mol. The van der Waals surface area contributed by atoms with Gasteiger partial charge in [0.1, 0.15) is 0 Å². The zero-order chi connectivity index (χ0) is 29.2.